The molecule has 1 fully saturated rings. The predicted octanol–water partition coefficient (Wildman–Crippen LogP) is 2.68. The SMILES string of the molecule is CCc1cc(N2CCC(c3ccccc3)C2)c2nncn2n1. The summed E-state index contributed by atoms with van der Waals surface area (Å²) in [6, 6.07) is 12.9. The van der Waals surface area contributed by atoms with Crippen molar-refractivity contribution in [1.29, 1.82) is 0 Å². The third-order valence-electron chi connectivity index (χ3n) is 4.46. The molecule has 1 aromatic carbocycles. The van der Waals surface area contributed by atoms with Gasteiger partial charge in [-0.2, -0.15) is 9.61 Å². The summed E-state index contributed by atoms with van der Waals surface area (Å²) < 4.78 is 1.80. The fourth-order valence-corrected chi connectivity index (χ4v) is 3.24. The van der Waals surface area contributed by atoms with Gasteiger partial charge in [0.05, 0.1) is 11.4 Å². The standard InChI is InChI=1S/C17H19N5/c1-2-15-10-16(17-19-18-12-22(17)20-15)21-9-8-14(11-21)13-6-4-3-5-7-13/h3-7,10,12,14H,2,8-9,11H2,1H3. The van der Waals surface area contributed by atoms with Crippen molar-refractivity contribution in [3.05, 3.63) is 54.0 Å². The Kier molecular flexibility index (Phi) is 3.25. The third kappa shape index (κ3) is 2.22. The first-order valence-electron chi connectivity index (χ1n) is 7.85. The Hall–Kier alpha value is -2.43. The predicted molar refractivity (Wildman–Crippen MR) is 86.2 cm³/mol. The summed E-state index contributed by atoms with van der Waals surface area (Å²) in [5.74, 6) is 0.586. The Morgan fingerprint density at radius 3 is 2.91 bits per heavy atom. The van der Waals surface area contributed by atoms with E-state index in [1.54, 1.807) is 10.8 Å². The number of hydrogen-bond donors (Lipinski definition) is 0. The van der Waals surface area contributed by atoms with Gasteiger partial charge in [0.15, 0.2) is 0 Å². The van der Waals surface area contributed by atoms with Crippen LogP contribution in [0, 0.1) is 0 Å². The van der Waals surface area contributed by atoms with E-state index in [1.165, 1.54) is 12.0 Å². The zero-order valence-electron chi connectivity index (χ0n) is 12.7. The van der Waals surface area contributed by atoms with Crippen molar-refractivity contribution in [2.24, 2.45) is 0 Å². The molecule has 1 aliphatic rings. The Bertz CT molecular complexity index is 780. The lowest BCUT2D eigenvalue weighted by Crippen LogP contribution is -2.21. The molecule has 0 spiro atoms. The van der Waals surface area contributed by atoms with Gasteiger partial charge in [-0.3, -0.25) is 0 Å². The smallest absolute Gasteiger partial charge is 0.200 e. The largest absolute Gasteiger partial charge is 0.368 e. The lowest BCUT2D eigenvalue weighted by atomic mass is 9.99. The maximum Gasteiger partial charge on any atom is 0.200 e. The molecule has 0 bridgehead atoms. The number of aromatic nitrogens is 4. The molecule has 5 nitrogen and oxygen atoms in total. The third-order valence-corrected chi connectivity index (χ3v) is 4.46. The summed E-state index contributed by atoms with van der Waals surface area (Å²) in [5.41, 5.74) is 4.51. The lowest BCUT2D eigenvalue weighted by molar-refractivity contribution is 0.774. The van der Waals surface area contributed by atoms with Crippen LogP contribution < -0.4 is 4.90 Å². The van der Waals surface area contributed by atoms with E-state index in [2.05, 4.69) is 63.5 Å². The monoisotopic (exact) mass is 293 g/mol. The van der Waals surface area contributed by atoms with E-state index in [0.717, 1.165) is 36.5 Å². The number of rotatable bonds is 3. The molecular weight excluding hydrogens is 274 g/mol. The van der Waals surface area contributed by atoms with E-state index in [-0.39, 0.29) is 0 Å². The van der Waals surface area contributed by atoms with Crippen LogP contribution in [0.3, 0.4) is 0 Å². The highest BCUT2D eigenvalue weighted by Crippen LogP contribution is 2.32. The van der Waals surface area contributed by atoms with Gasteiger partial charge in [0.2, 0.25) is 5.65 Å². The topological polar surface area (TPSA) is 46.3 Å². The maximum atomic E-state index is 4.53. The molecule has 0 aliphatic carbocycles. The molecule has 1 saturated heterocycles. The molecule has 5 heteroatoms. The van der Waals surface area contributed by atoms with Crippen molar-refractivity contribution >= 4 is 11.3 Å². The average molecular weight is 293 g/mol. The molecule has 3 heterocycles. The van der Waals surface area contributed by atoms with E-state index >= 15 is 0 Å². The minimum absolute atomic E-state index is 0.586. The van der Waals surface area contributed by atoms with Crippen LogP contribution in [0.25, 0.3) is 5.65 Å². The van der Waals surface area contributed by atoms with E-state index in [4.69, 9.17) is 0 Å². The maximum absolute atomic E-state index is 4.53. The van der Waals surface area contributed by atoms with E-state index in [0.29, 0.717) is 5.92 Å². The highest BCUT2D eigenvalue weighted by atomic mass is 15.4. The summed E-state index contributed by atoms with van der Waals surface area (Å²) in [6.07, 6.45) is 3.77. The number of fused-ring (bicyclic) bond motifs is 1. The summed E-state index contributed by atoms with van der Waals surface area (Å²) in [5, 5.41) is 12.8. The van der Waals surface area contributed by atoms with Crippen LogP contribution in [-0.2, 0) is 6.42 Å². The van der Waals surface area contributed by atoms with Crippen molar-refractivity contribution in [1.82, 2.24) is 19.8 Å². The Balaban J connectivity index is 1.67. The molecule has 0 saturated carbocycles. The van der Waals surface area contributed by atoms with Crippen LogP contribution in [0.5, 0.6) is 0 Å². The van der Waals surface area contributed by atoms with Crippen LogP contribution in [0.2, 0.25) is 0 Å². The van der Waals surface area contributed by atoms with Crippen LogP contribution in [0.15, 0.2) is 42.7 Å². The molecule has 1 atom stereocenters. The molecule has 0 radical (unpaired) electrons. The minimum atomic E-state index is 0.586. The van der Waals surface area contributed by atoms with Gasteiger partial charge in [-0.05, 0) is 24.5 Å². The first-order chi connectivity index (χ1) is 10.8. The van der Waals surface area contributed by atoms with Crippen LogP contribution >= 0.6 is 0 Å². The summed E-state index contributed by atoms with van der Waals surface area (Å²) in [4.78, 5) is 2.42. The molecule has 2 aromatic heterocycles. The fraction of sp³-hybridized carbons (Fsp3) is 0.353. The molecule has 1 aliphatic heterocycles. The van der Waals surface area contributed by atoms with Crippen molar-refractivity contribution in [2.75, 3.05) is 18.0 Å². The minimum Gasteiger partial charge on any atom is -0.368 e. The molecular formula is C17H19N5. The molecule has 0 amide bonds. The zero-order valence-corrected chi connectivity index (χ0v) is 12.7. The van der Waals surface area contributed by atoms with Gasteiger partial charge in [-0.25, -0.2) is 0 Å². The number of hydrogen-bond acceptors (Lipinski definition) is 4. The van der Waals surface area contributed by atoms with Gasteiger partial charge in [0, 0.05) is 19.0 Å². The van der Waals surface area contributed by atoms with Crippen molar-refractivity contribution in [2.45, 2.75) is 25.7 Å². The van der Waals surface area contributed by atoms with Crippen LogP contribution in [0.1, 0.15) is 30.5 Å². The fourth-order valence-electron chi connectivity index (χ4n) is 3.24. The summed E-state index contributed by atoms with van der Waals surface area (Å²) in [7, 11) is 0. The zero-order chi connectivity index (χ0) is 14.9. The highest BCUT2D eigenvalue weighted by Gasteiger charge is 2.26. The van der Waals surface area contributed by atoms with Crippen molar-refractivity contribution in [3.63, 3.8) is 0 Å². The first kappa shape index (κ1) is 13.2. The second-order valence-electron chi connectivity index (χ2n) is 5.82. The number of benzene rings is 1. The Morgan fingerprint density at radius 2 is 2.09 bits per heavy atom. The number of anilines is 1. The Morgan fingerprint density at radius 1 is 1.23 bits per heavy atom. The molecule has 112 valence electrons. The second-order valence-corrected chi connectivity index (χ2v) is 5.82. The van der Waals surface area contributed by atoms with Gasteiger partial charge in [0.25, 0.3) is 0 Å². The van der Waals surface area contributed by atoms with Gasteiger partial charge in [0.1, 0.15) is 6.33 Å². The van der Waals surface area contributed by atoms with E-state index < -0.39 is 0 Å². The summed E-state index contributed by atoms with van der Waals surface area (Å²) in [6.45, 7) is 4.20. The van der Waals surface area contributed by atoms with Gasteiger partial charge in [-0.1, -0.05) is 37.3 Å². The van der Waals surface area contributed by atoms with Gasteiger partial charge in [-0.15, -0.1) is 10.2 Å². The highest BCUT2D eigenvalue weighted by molar-refractivity contribution is 5.69. The van der Waals surface area contributed by atoms with Gasteiger partial charge < -0.3 is 4.90 Å². The first-order valence-corrected chi connectivity index (χ1v) is 7.85. The van der Waals surface area contributed by atoms with E-state index in [1.807, 2.05) is 0 Å². The summed E-state index contributed by atoms with van der Waals surface area (Å²) >= 11 is 0. The molecule has 22 heavy (non-hydrogen) atoms. The normalized spacial score (nSPS) is 18.2. The second kappa shape index (κ2) is 5.40. The quantitative estimate of drug-likeness (QED) is 0.745. The van der Waals surface area contributed by atoms with E-state index in [9.17, 15) is 0 Å². The van der Waals surface area contributed by atoms with Crippen molar-refractivity contribution in [3.8, 4) is 0 Å². The average Bonchev–Trinajstić information content (AvgIpc) is 3.24. The molecule has 3 aromatic rings. The van der Waals surface area contributed by atoms with Crippen LogP contribution in [0.4, 0.5) is 5.69 Å². The van der Waals surface area contributed by atoms with Crippen molar-refractivity contribution < 1.29 is 0 Å². The number of nitrogens with zero attached hydrogens (tertiary/aromatic N) is 5. The molecule has 0 N–H and O–H groups in total. The molecule has 4 rings (SSSR count). The Labute approximate surface area is 129 Å². The molecule has 1 unspecified atom stereocenters. The lowest BCUT2D eigenvalue weighted by Gasteiger charge is -2.19. The number of aryl methyl sites for hydroxylation is 1. The van der Waals surface area contributed by atoms with Crippen LogP contribution in [-0.4, -0.2) is 32.9 Å². The van der Waals surface area contributed by atoms with Gasteiger partial charge >= 0.3 is 0 Å².